The summed E-state index contributed by atoms with van der Waals surface area (Å²) in [7, 11) is 0. The Hall–Kier alpha value is -1.00. The first kappa shape index (κ1) is 12.5. The monoisotopic (exact) mass is 312 g/mol. The first-order valence-corrected chi connectivity index (χ1v) is 6.81. The summed E-state index contributed by atoms with van der Waals surface area (Å²) in [6, 6.07) is 8.57. The van der Waals surface area contributed by atoms with Crippen LogP contribution in [0, 0.1) is 5.82 Å². The highest BCUT2D eigenvalue weighted by atomic mass is 79.9. The fourth-order valence-corrected chi connectivity index (χ4v) is 2.86. The molecule has 0 unspecified atom stereocenters. The van der Waals surface area contributed by atoms with Crippen molar-refractivity contribution < 1.29 is 9.18 Å². The zero-order valence-electron chi connectivity index (χ0n) is 9.17. The number of carbonyl (C=O) groups excluding carboxylic acids is 1. The summed E-state index contributed by atoms with van der Waals surface area (Å²) in [4.78, 5) is 13.2. The minimum absolute atomic E-state index is 0.141. The molecule has 17 heavy (non-hydrogen) atoms. The van der Waals surface area contributed by atoms with Gasteiger partial charge in [0.1, 0.15) is 5.82 Å². The van der Waals surface area contributed by atoms with E-state index in [1.54, 1.807) is 12.1 Å². The Balaban J connectivity index is 2.37. The Bertz CT molecular complexity index is 562. The quantitative estimate of drug-likeness (QED) is 0.736. The third kappa shape index (κ3) is 2.64. The van der Waals surface area contributed by atoms with E-state index in [-0.39, 0.29) is 11.6 Å². The van der Waals surface area contributed by atoms with Gasteiger partial charge in [0, 0.05) is 11.3 Å². The zero-order valence-corrected chi connectivity index (χ0v) is 11.6. The molecule has 2 rings (SSSR count). The number of hydrogen-bond donors (Lipinski definition) is 0. The lowest BCUT2D eigenvalue weighted by Gasteiger charge is -1.99. The van der Waals surface area contributed by atoms with E-state index in [1.165, 1.54) is 17.4 Å². The van der Waals surface area contributed by atoms with Gasteiger partial charge >= 0.3 is 0 Å². The summed E-state index contributed by atoms with van der Waals surface area (Å²) in [5.41, 5.74) is 0.915. The topological polar surface area (TPSA) is 17.1 Å². The molecule has 0 N–H and O–H groups in total. The molecule has 0 saturated heterocycles. The van der Waals surface area contributed by atoms with Gasteiger partial charge in [0.2, 0.25) is 0 Å². The number of halogens is 2. The smallest absolute Gasteiger partial charge is 0.172 e. The van der Waals surface area contributed by atoms with E-state index in [9.17, 15) is 9.18 Å². The predicted octanol–water partition coefficient (Wildman–Crippen LogP) is 4.91. The van der Waals surface area contributed by atoms with Crippen molar-refractivity contribution in [1.82, 2.24) is 0 Å². The molecule has 0 radical (unpaired) electrons. The van der Waals surface area contributed by atoms with Gasteiger partial charge in [-0.15, -0.1) is 11.3 Å². The molecule has 0 saturated carbocycles. The van der Waals surface area contributed by atoms with Crippen LogP contribution in [0.4, 0.5) is 4.39 Å². The standard InChI is InChI=1S/C13H10BrFOS/c1-2-11(16)13-6-5-12(17-13)8-3-4-10(15)9(14)7-8/h3-7H,2H2,1H3. The van der Waals surface area contributed by atoms with Gasteiger partial charge in [-0.25, -0.2) is 4.39 Å². The Morgan fingerprint density at radius 3 is 2.76 bits per heavy atom. The van der Waals surface area contributed by atoms with Crippen molar-refractivity contribution in [1.29, 1.82) is 0 Å². The molecule has 1 nitrogen and oxygen atoms in total. The summed E-state index contributed by atoms with van der Waals surface area (Å²) in [6.07, 6.45) is 0.507. The van der Waals surface area contributed by atoms with Crippen molar-refractivity contribution in [3.05, 3.63) is 45.5 Å². The molecule has 0 aliphatic carbocycles. The van der Waals surface area contributed by atoms with Crippen LogP contribution < -0.4 is 0 Å². The average molecular weight is 313 g/mol. The molecule has 0 amide bonds. The number of thiophene rings is 1. The highest BCUT2D eigenvalue weighted by molar-refractivity contribution is 9.10. The molecule has 0 spiro atoms. The average Bonchev–Trinajstić information content (AvgIpc) is 2.81. The van der Waals surface area contributed by atoms with Gasteiger partial charge in [-0.3, -0.25) is 4.79 Å². The molecular weight excluding hydrogens is 303 g/mol. The van der Waals surface area contributed by atoms with E-state index in [4.69, 9.17) is 0 Å². The van der Waals surface area contributed by atoms with Crippen LogP contribution in [-0.2, 0) is 0 Å². The lowest BCUT2D eigenvalue weighted by Crippen LogP contribution is -1.90. The van der Waals surface area contributed by atoms with E-state index in [0.29, 0.717) is 10.9 Å². The summed E-state index contributed by atoms with van der Waals surface area (Å²) in [5.74, 6) is -0.141. The van der Waals surface area contributed by atoms with Gasteiger partial charge in [0.25, 0.3) is 0 Å². The van der Waals surface area contributed by atoms with E-state index in [1.807, 2.05) is 19.1 Å². The minimum Gasteiger partial charge on any atom is -0.293 e. The van der Waals surface area contributed by atoms with E-state index in [0.717, 1.165) is 15.3 Å². The van der Waals surface area contributed by atoms with Crippen molar-refractivity contribution in [3.8, 4) is 10.4 Å². The second kappa shape index (κ2) is 5.10. The Morgan fingerprint density at radius 1 is 1.35 bits per heavy atom. The molecule has 0 atom stereocenters. The third-order valence-corrected chi connectivity index (χ3v) is 4.19. The molecule has 0 fully saturated rings. The lowest BCUT2D eigenvalue weighted by molar-refractivity contribution is 0.0992. The number of hydrogen-bond acceptors (Lipinski definition) is 2. The molecule has 0 bridgehead atoms. The summed E-state index contributed by atoms with van der Waals surface area (Å²) >= 11 is 4.60. The molecule has 1 aromatic carbocycles. The van der Waals surface area contributed by atoms with Gasteiger partial charge in [-0.05, 0) is 45.8 Å². The molecule has 0 aliphatic rings. The van der Waals surface area contributed by atoms with E-state index >= 15 is 0 Å². The van der Waals surface area contributed by atoms with E-state index in [2.05, 4.69) is 15.9 Å². The Kier molecular flexibility index (Phi) is 3.74. The van der Waals surface area contributed by atoms with Gasteiger partial charge in [0.15, 0.2) is 5.78 Å². The first-order valence-electron chi connectivity index (χ1n) is 5.20. The lowest BCUT2D eigenvalue weighted by atomic mass is 10.2. The number of benzene rings is 1. The van der Waals surface area contributed by atoms with Crippen LogP contribution >= 0.6 is 27.3 Å². The number of Topliss-reactive ketones (excluding diaryl/α,β-unsaturated/α-hetero) is 1. The van der Waals surface area contributed by atoms with Crippen molar-refractivity contribution in [2.24, 2.45) is 0 Å². The maximum absolute atomic E-state index is 13.1. The molecule has 1 aromatic heterocycles. The summed E-state index contributed by atoms with van der Waals surface area (Å²) in [5, 5.41) is 0. The molecular formula is C13H10BrFOS. The SMILES string of the molecule is CCC(=O)c1ccc(-c2ccc(F)c(Br)c2)s1. The predicted molar refractivity (Wildman–Crippen MR) is 72.0 cm³/mol. The maximum Gasteiger partial charge on any atom is 0.172 e. The first-order chi connectivity index (χ1) is 8.11. The highest BCUT2D eigenvalue weighted by Gasteiger charge is 2.09. The second-order valence-corrected chi connectivity index (χ2v) is 5.51. The van der Waals surface area contributed by atoms with Crippen LogP contribution in [-0.4, -0.2) is 5.78 Å². The number of ketones is 1. The third-order valence-electron chi connectivity index (χ3n) is 2.41. The van der Waals surface area contributed by atoms with E-state index < -0.39 is 0 Å². The largest absolute Gasteiger partial charge is 0.293 e. The van der Waals surface area contributed by atoms with Gasteiger partial charge in [0.05, 0.1) is 9.35 Å². The number of carbonyl (C=O) groups is 1. The maximum atomic E-state index is 13.1. The minimum atomic E-state index is -0.282. The normalized spacial score (nSPS) is 10.5. The van der Waals surface area contributed by atoms with Crippen LogP contribution in [0.25, 0.3) is 10.4 Å². The van der Waals surface area contributed by atoms with Crippen molar-refractivity contribution in [3.63, 3.8) is 0 Å². The van der Waals surface area contributed by atoms with Crippen LogP contribution in [0.15, 0.2) is 34.8 Å². The van der Waals surface area contributed by atoms with Crippen LogP contribution in [0.5, 0.6) is 0 Å². The summed E-state index contributed by atoms with van der Waals surface area (Å²) < 4.78 is 13.5. The molecule has 2 aromatic rings. The Labute approximate surface area is 111 Å². The van der Waals surface area contributed by atoms with Crippen LogP contribution in [0.2, 0.25) is 0 Å². The van der Waals surface area contributed by atoms with Crippen LogP contribution in [0.3, 0.4) is 0 Å². The fraction of sp³-hybridized carbons (Fsp3) is 0.154. The fourth-order valence-electron chi connectivity index (χ4n) is 1.47. The molecule has 0 aliphatic heterocycles. The molecule has 88 valence electrons. The van der Waals surface area contributed by atoms with Crippen molar-refractivity contribution in [2.45, 2.75) is 13.3 Å². The molecule has 1 heterocycles. The summed E-state index contributed by atoms with van der Waals surface area (Å²) in [6.45, 7) is 1.84. The van der Waals surface area contributed by atoms with Gasteiger partial charge in [-0.2, -0.15) is 0 Å². The molecule has 4 heteroatoms. The van der Waals surface area contributed by atoms with Crippen molar-refractivity contribution >= 4 is 33.0 Å². The Morgan fingerprint density at radius 2 is 2.12 bits per heavy atom. The van der Waals surface area contributed by atoms with Gasteiger partial charge in [-0.1, -0.05) is 13.0 Å². The zero-order chi connectivity index (χ0) is 12.4. The number of rotatable bonds is 3. The van der Waals surface area contributed by atoms with Crippen LogP contribution in [0.1, 0.15) is 23.0 Å². The highest BCUT2D eigenvalue weighted by Crippen LogP contribution is 2.31. The van der Waals surface area contributed by atoms with Gasteiger partial charge < -0.3 is 0 Å². The van der Waals surface area contributed by atoms with Crippen molar-refractivity contribution in [2.75, 3.05) is 0 Å². The second-order valence-electron chi connectivity index (χ2n) is 3.57.